The summed E-state index contributed by atoms with van der Waals surface area (Å²) in [7, 11) is 3.59. The number of amides is 2. The quantitative estimate of drug-likeness (QED) is 0.711. The van der Waals surface area contributed by atoms with Crippen LogP contribution in [0.4, 0.5) is 4.79 Å². The predicted molar refractivity (Wildman–Crippen MR) is 62.8 cm³/mol. The Hall–Kier alpha value is -0.730. The average molecular weight is 212 g/mol. The van der Waals surface area contributed by atoms with Gasteiger partial charge in [0.25, 0.3) is 0 Å². The van der Waals surface area contributed by atoms with Gasteiger partial charge in [0.2, 0.25) is 0 Å². The van der Waals surface area contributed by atoms with Crippen LogP contribution in [0.1, 0.15) is 40.0 Å². The van der Waals surface area contributed by atoms with Crippen LogP contribution in [-0.4, -0.2) is 31.1 Å². The largest absolute Gasteiger partial charge is 0.341 e. The molecule has 0 bridgehead atoms. The first-order valence-electron chi connectivity index (χ1n) is 5.80. The molecule has 1 rings (SSSR count). The molecule has 0 radical (unpaired) electrons. The zero-order chi connectivity index (χ0) is 11.6. The molecule has 2 atom stereocenters. The second kappa shape index (κ2) is 4.42. The highest BCUT2D eigenvalue weighted by molar-refractivity contribution is 5.73. The predicted octanol–water partition coefficient (Wildman–Crippen LogP) is 2.47. The first kappa shape index (κ1) is 12.3. The van der Waals surface area contributed by atoms with Gasteiger partial charge in [0.1, 0.15) is 0 Å². The molecule has 0 spiro atoms. The minimum atomic E-state index is 0.0323. The lowest BCUT2D eigenvalue weighted by Crippen LogP contribution is -2.47. The molecule has 3 heteroatoms. The van der Waals surface area contributed by atoms with Crippen molar-refractivity contribution in [1.82, 2.24) is 10.2 Å². The fourth-order valence-corrected chi connectivity index (χ4v) is 2.93. The smallest absolute Gasteiger partial charge is 0.317 e. The van der Waals surface area contributed by atoms with Gasteiger partial charge in [-0.1, -0.05) is 20.8 Å². The monoisotopic (exact) mass is 212 g/mol. The lowest BCUT2D eigenvalue weighted by molar-refractivity contribution is 0.0969. The topological polar surface area (TPSA) is 32.3 Å². The Kier molecular flexibility index (Phi) is 3.63. The number of carbonyl (C=O) groups excluding carboxylic acids is 1. The van der Waals surface area contributed by atoms with Crippen LogP contribution in [0.5, 0.6) is 0 Å². The number of carbonyl (C=O) groups is 1. The summed E-state index contributed by atoms with van der Waals surface area (Å²) in [6.07, 6.45) is 3.51. The van der Waals surface area contributed by atoms with Crippen LogP contribution in [0.15, 0.2) is 0 Å². The minimum absolute atomic E-state index is 0.0323. The number of nitrogens with one attached hydrogen (secondary N) is 1. The second-order valence-corrected chi connectivity index (χ2v) is 5.73. The molecule has 0 aromatic carbocycles. The van der Waals surface area contributed by atoms with Gasteiger partial charge < -0.3 is 10.2 Å². The Morgan fingerprint density at radius 3 is 2.47 bits per heavy atom. The Morgan fingerprint density at radius 1 is 1.40 bits per heavy atom. The minimum Gasteiger partial charge on any atom is -0.341 e. The zero-order valence-electron chi connectivity index (χ0n) is 10.6. The number of hydrogen-bond acceptors (Lipinski definition) is 1. The van der Waals surface area contributed by atoms with Gasteiger partial charge in [-0.05, 0) is 30.6 Å². The fraction of sp³-hybridized carbons (Fsp3) is 0.917. The Morgan fingerprint density at radius 2 is 2.00 bits per heavy atom. The van der Waals surface area contributed by atoms with Gasteiger partial charge >= 0.3 is 6.03 Å². The first-order valence-corrected chi connectivity index (χ1v) is 5.80. The van der Waals surface area contributed by atoms with Crippen LogP contribution in [0.3, 0.4) is 0 Å². The van der Waals surface area contributed by atoms with Gasteiger partial charge in [0, 0.05) is 20.1 Å². The molecule has 0 heterocycles. The summed E-state index contributed by atoms with van der Waals surface area (Å²) in [5.41, 5.74) is 0.366. The van der Waals surface area contributed by atoms with E-state index < -0.39 is 0 Å². The highest BCUT2D eigenvalue weighted by atomic mass is 16.2. The molecular formula is C12H24N2O. The lowest BCUT2D eigenvalue weighted by Gasteiger charge is -2.42. The summed E-state index contributed by atoms with van der Waals surface area (Å²) in [5.74, 6) is 0.714. The SMILES string of the molecule is CNC(=O)N(C)C1CC(C)CC(C)(C)C1. The van der Waals surface area contributed by atoms with E-state index >= 15 is 0 Å². The van der Waals surface area contributed by atoms with Crippen molar-refractivity contribution in [2.24, 2.45) is 11.3 Å². The summed E-state index contributed by atoms with van der Waals surface area (Å²) >= 11 is 0. The maximum atomic E-state index is 11.5. The molecule has 1 aliphatic carbocycles. The van der Waals surface area contributed by atoms with Crippen LogP contribution in [-0.2, 0) is 0 Å². The van der Waals surface area contributed by atoms with Gasteiger partial charge in [0.05, 0.1) is 0 Å². The maximum Gasteiger partial charge on any atom is 0.317 e. The molecule has 1 saturated carbocycles. The van der Waals surface area contributed by atoms with Crippen molar-refractivity contribution in [3.8, 4) is 0 Å². The molecule has 0 aromatic heterocycles. The van der Waals surface area contributed by atoms with E-state index in [-0.39, 0.29) is 6.03 Å². The summed E-state index contributed by atoms with van der Waals surface area (Å²) < 4.78 is 0. The van der Waals surface area contributed by atoms with Crippen molar-refractivity contribution in [2.75, 3.05) is 14.1 Å². The van der Waals surface area contributed by atoms with Crippen LogP contribution >= 0.6 is 0 Å². The van der Waals surface area contributed by atoms with E-state index in [1.165, 1.54) is 6.42 Å². The molecule has 1 fully saturated rings. The lowest BCUT2D eigenvalue weighted by atomic mass is 9.70. The Bertz CT molecular complexity index is 238. The van der Waals surface area contributed by atoms with Gasteiger partial charge in [-0.25, -0.2) is 4.79 Å². The third-order valence-corrected chi connectivity index (χ3v) is 3.45. The van der Waals surface area contributed by atoms with Crippen molar-refractivity contribution in [3.05, 3.63) is 0 Å². The number of rotatable bonds is 1. The molecule has 2 unspecified atom stereocenters. The van der Waals surface area contributed by atoms with Gasteiger partial charge in [-0.15, -0.1) is 0 Å². The molecule has 1 N–H and O–H groups in total. The van der Waals surface area contributed by atoms with Crippen molar-refractivity contribution in [1.29, 1.82) is 0 Å². The van der Waals surface area contributed by atoms with Crippen molar-refractivity contribution >= 4 is 6.03 Å². The van der Waals surface area contributed by atoms with Crippen molar-refractivity contribution in [2.45, 2.75) is 46.1 Å². The van der Waals surface area contributed by atoms with E-state index in [0.29, 0.717) is 17.4 Å². The molecule has 0 aliphatic heterocycles. The van der Waals surface area contributed by atoms with E-state index in [4.69, 9.17) is 0 Å². The highest BCUT2D eigenvalue weighted by Crippen LogP contribution is 2.40. The number of hydrogen-bond donors (Lipinski definition) is 1. The van der Waals surface area contributed by atoms with Crippen LogP contribution in [0.2, 0.25) is 0 Å². The van der Waals surface area contributed by atoms with Gasteiger partial charge in [0.15, 0.2) is 0 Å². The van der Waals surface area contributed by atoms with Crippen molar-refractivity contribution < 1.29 is 4.79 Å². The Balaban J connectivity index is 2.66. The van der Waals surface area contributed by atoms with Gasteiger partial charge in [-0.2, -0.15) is 0 Å². The maximum absolute atomic E-state index is 11.5. The molecule has 88 valence electrons. The fourth-order valence-electron chi connectivity index (χ4n) is 2.93. The molecule has 2 amide bonds. The van der Waals surface area contributed by atoms with Crippen molar-refractivity contribution in [3.63, 3.8) is 0 Å². The Labute approximate surface area is 93.2 Å². The normalized spacial score (nSPS) is 29.7. The molecule has 3 nitrogen and oxygen atoms in total. The van der Waals surface area contributed by atoms with E-state index in [1.54, 1.807) is 7.05 Å². The summed E-state index contributed by atoms with van der Waals surface area (Å²) in [4.78, 5) is 13.4. The number of urea groups is 1. The van der Waals surface area contributed by atoms with Crippen LogP contribution < -0.4 is 5.32 Å². The summed E-state index contributed by atoms with van der Waals surface area (Å²) in [5, 5.41) is 2.69. The zero-order valence-corrected chi connectivity index (χ0v) is 10.6. The standard InChI is InChI=1S/C12H24N2O/c1-9-6-10(8-12(2,3)7-9)14(5)11(15)13-4/h9-10H,6-8H2,1-5H3,(H,13,15). The van der Waals surface area contributed by atoms with E-state index in [1.807, 2.05) is 11.9 Å². The molecule has 1 aliphatic rings. The highest BCUT2D eigenvalue weighted by Gasteiger charge is 2.34. The van der Waals surface area contributed by atoms with E-state index in [2.05, 4.69) is 26.1 Å². The number of nitrogens with zero attached hydrogens (tertiary/aromatic N) is 1. The average Bonchev–Trinajstić information content (AvgIpc) is 2.12. The van der Waals surface area contributed by atoms with Gasteiger partial charge in [-0.3, -0.25) is 0 Å². The first-order chi connectivity index (χ1) is 6.85. The molecule has 0 aromatic rings. The second-order valence-electron chi connectivity index (χ2n) is 5.73. The van der Waals surface area contributed by atoms with Crippen LogP contribution in [0.25, 0.3) is 0 Å². The third-order valence-electron chi connectivity index (χ3n) is 3.45. The summed E-state index contributed by atoms with van der Waals surface area (Å²) in [6.45, 7) is 6.88. The molecule has 15 heavy (non-hydrogen) atoms. The molecular weight excluding hydrogens is 188 g/mol. The van der Waals surface area contributed by atoms with E-state index in [9.17, 15) is 4.79 Å². The molecule has 0 saturated heterocycles. The third kappa shape index (κ3) is 3.11. The summed E-state index contributed by atoms with van der Waals surface area (Å²) in [6, 6.07) is 0.425. The van der Waals surface area contributed by atoms with E-state index in [0.717, 1.165) is 12.8 Å². The van der Waals surface area contributed by atoms with Crippen LogP contribution in [0, 0.1) is 11.3 Å².